The van der Waals surface area contributed by atoms with Crippen molar-refractivity contribution in [3.05, 3.63) is 89.3 Å². The Morgan fingerprint density at radius 3 is 2.83 bits per heavy atom. The Hall–Kier alpha value is -4.07. The molecule has 1 aliphatic rings. The Morgan fingerprint density at radius 1 is 1.11 bits per heavy atom. The lowest BCUT2D eigenvalue weighted by Gasteiger charge is -2.29. The van der Waals surface area contributed by atoms with Gasteiger partial charge in [0.25, 0.3) is 5.91 Å². The lowest BCUT2D eigenvalue weighted by molar-refractivity contribution is 0.0945. The van der Waals surface area contributed by atoms with Gasteiger partial charge in [-0.3, -0.25) is 19.9 Å². The van der Waals surface area contributed by atoms with Gasteiger partial charge in [0.1, 0.15) is 11.5 Å². The highest BCUT2D eigenvalue weighted by Crippen LogP contribution is 2.38. The van der Waals surface area contributed by atoms with Crippen molar-refractivity contribution >= 4 is 11.7 Å². The van der Waals surface area contributed by atoms with Gasteiger partial charge in [0.15, 0.2) is 0 Å². The fraction of sp³-hybridized carbons (Fsp3) is 0.296. The number of fused-ring (bicyclic) bond motifs is 1. The number of H-pyrrole nitrogens is 1. The standard InChI is InChI=1S/C27H29N7O/c1-27(2)9-8-21-23(14-27)33-34-25(21)19-12-22(26(35)31-17-20-7-3-4-11-29-20)32-24(13-19)30-16-18-6-5-10-28-15-18/h3-7,10-13,15H,8-9,14,16-17H2,1-2H3,(H,30,32)(H,31,35)(H,33,34). The van der Waals surface area contributed by atoms with E-state index in [0.29, 0.717) is 24.6 Å². The number of nitrogens with one attached hydrogen (secondary N) is 3. The van der Waals surface area contributed by atoms with Crippen molar-refractivity contribution in [3.8, 4) is 11.3 Å². The SMILES string of the molecule is CC1(C)CCc2c(-c3cc(NCc4cccnc4)nc(C(=O)NCc4ccccn4)c3)n[nH]c2C1. The summed E-state index contributed by atoms with van der Waals surface area (Å²) in [7, 11) is 0. The van der Waals surface area contributed by atoms with Crippen LogP contribution in [0.15, 0.2) is 61.1 Å². The smallest absolute Gasteiger partial charge is 0.270 e. The van der Waals surface area contributed by atoms with Crippen LogP contribution in [0.1, 0.15) is 53.3 Å². The minimum absolute atomic E-state index is 0.252. The molecule has 1 aliphatic carbocycles. The van der Waals surface area contributed by atoms with Crippen molar-refractivity contribution in [1.29, 1.82) is 0 Å². The molecule has 0 aromatic carbocycles. The van der Waals surface area contributed by atoms with Crippen molar-refractivity contribution in [3.63, 3.8) is 0 Å². The minimum atomic E-state index is -0.257. The summed E-state index contributed by atoms with van der Waals surface area (Å²) >= 11 is 0. The van der Waals surface area contributed by atoms with Crippen LogP contribution in [0.25, 0.3) is 11.3 Å². The second-order valence-electron chi connectivity index (χ2n) is 9.72. The number of carbonyl (C=O) groups excluding carboxylic acids is 1. The maximum atomic E-state index is 13.1. The average Bonchev–Trinajstić information content (AvgIpc) is 3.29. The Bertz CT molecular complexity index is 1320. The van der Waals surface area contributed by atoms with Crippen LogP contribution in [0.2, 0.25) is 0 Å². The van der Waals surface area contributed by atoms with Gasteiger partial charge in [-0.2, -0.15) is 5.10 Å². The van der Waals surface area contributed by atoms with Crippen molar-refractivity contribution in [2.24, 2.45) is 5.41 Å². The summed E-state index contributed by atoms with van der Waals surface area (Å²) in [5, 5.41) is 14.2. The number of rotatable bonds is 7. The number of pyridine rings is 3. The largest absolute Gasteiger partial charge is 0.366 e. The molecule has 0 bridgehead atoms. The summed E-state index contributed by atoms with van der Waals surface area (Å²) < 4.78 is 0. The second-order valence-corrected chi connectivity index (χ2v) is 9.72. The zero-order chi connectivity index (χ0) is 24.3. The number of nitrogens with zero attached hydrogens (tertiary/aromatic N) is 4. The normalized spacial score (nSPS) is 14.2. The molecule has 4 aromatic rings. The molecular formula is C27H29N7O. The third-order valence-electron chi connectivity index (χ3n) is 6.34. The quantitative estimate of drug-likeness (QED) is 0.374. The molecule has 0 fully saturated rings. The molecule has 0 spiro atoms. The predicted octanol–water partition coefficient (Wildman–Crippen LogP) is 4.32. The summed E-state index contributed by atoms with van der Waals surface area (Å²) in [4.78, 5) is 26.1. The molecule has 35 heavy (non-hydrogen) atoms. The predicted molar refractivity (Wildman–Crippen MR) is 135 cm³/mol. The van der Waals surface area contributed by atoms with E-state index in [-0.39, 0.29) is 11.3 Å². The third kappa shape index (κ3) is 5.37. The summed E-state index contributed by atoms with van der Waals surface area (Å²) in [5.74, 6) is 0.356. The fourth-order valence-corrected chi connectivity index (χ4v) is 4.42. The van der Waals surface area contributed by atoms with E-state index < -0.39 is 0 Å². The second kappa shape index (κ2) is 9.66. The minimum Gasteiger partial charge on any atom is -0.366 e. The molecule has 8 heteroatoms. The fourth-order valence-electron chi connectivity index (χ4n) is 4.42. The van der Waals surface area contributed by atoms with E-state index in [4.69, 9.17) is 0 Å². The number of hydrogen-bond acceptors (Lipinski definition) is 6. The van der Waals surface area contributed by atoms with Crippen LogP contribution in [0.5, 0.6) is 0 Å². The van der Waals surface area contributed by atoms with Crippen LogP contribution >= 0.6 is 0 Å². The third-order valence-corrected chi connectivity index (χ3v) is 6.34. The van der Waals surface area contributed by atoms with Crippen molar-refractivity contribution in [2.75, 3.05) is 5.32 Å². The van der Waals surface area contributed by atoms with Crippen LogP contribution in [0, 0.1) is 5.41 Å². The lowest BCUT2D eigenvalue weighted by Crippen LogP contribution is -2.24. The Balaban J connectivity index is 1.44. The molecule has 3 N–H and O–H groups in total. The summed E-state index contributed by atoms with van der Waals surface area (Å²) in [5.41, 5.74) is 6.57. The molecule has 5 rings (SSSR count). The summed E-state index contributed by atoms with van der Waals surface area (Å²) in [6.07, 6.45) is 8.28. The molecule has 4 heterocycles. The Kier molecular flexibility index (Phi) is 6.27. The van der Waals surface area contributed by atoms with Crippen molar-refractivity contribution in [2.45, 2.75) is 46.2 Å². The molecule has 1 amide bonds. The number of anilines is 1. The molecule has 8 nitrogen and oxygen atoms in total. The lowest BCUT2D eigenvalue weighted by atomic mass is 9.76. The molecular weight excluding hydrogens is 438 g/mol. The maximum absolute atomic E-state index is 13.1. The Morgan fingerprint density at radius 2 is 2.03 bits per heavy atom. The van der Waals surface area contributed by atoms with Gasteiger partial charge in [0.2, 0.25) is 0 Å². The van der Waals surface area contributed by atoms with Gasteiger partial charge < -0.3 is 10.6 Å². The average molecular weight is 468 g/mol. The molecule has 0 unspecified atom stereocenters. The summed E-state index contributed by atoms with van der Waals surface area (Å²) in [6, 6.07) is 13.3. The van der Waals surface area contributed by atoms with E-state index in [2.05, 4.69) is 49.6 Å². The highest BCUT2D eigenvalue weighted by molar-refractivity contribution is 5.94. The molecule has 0 aliphatic heterocycles. The first kappa shape index (κ1) is 22.7. The first-order valence-electron chi connectivity index (χ1n) is 11.9. The maximum Gasteiger partial charge on any atom is 0.270 e. The van der Waals surface area contributed by atoms with Crippen LogP contribution in [0.4, 0.5) is 5.82 Å². The molecule has 0 atom stereocenters. The van der Waals surface area contributed by atoms with Crippen molar-refractivity contribution in [1.82, 2.24) is 30.5 Å². The van der Waals surface area contributed by atoms with Gasteiger partial charge in [-0.15, -0.1) is 0 Å². The van der Waals surface area contributed by atoms with Gasteiger partial charge in [-0.05, 0) is 60.6 Å². The van der Waals surface area contributed by atoms with Gasteiger partial charge >= 0.3 is 0 Å². The van der Waals surface area contributed by atoms with E-state index in [1.807, 2.05) is 48.7 Å². The summed E-state index contributed by atoms with van der Waals surface area (Å²) in [6.45, 7) is 5.45. The molecule has 4 aromatic heterocycles. The molecule has 0 saturated carbocycles. The first-order chi connectivity index (χ1) is 17.0. The van der Waals surface area contributed by atoms with Gasteiger partial charge in [-0.1, -0.05) is 26.0 Å². The van der Waals surface area contributed by atoms with E-state index in [0.717, 1.165) is 41.8 Å². The first-order valence-corrected chi connectivity index (χ1v) is 11.9. The Labute approximate surface area is 204 Å². The van der Waals surface area contributed by atoms with Crippen LogP contribution in [-0.4, -0.2) is 31.1 Å². The van der Waals surface area contributed by atoms with E-state index in [1.165, 1.54) is 11.3 Å². The molecule has 178 valence electrons. The van der Waals surface area contributed by atoms with Crippen molar-refractivity contribution < 1.29 is 4.79 Å². The monoisotopic (exact) mass is 467 g/mol. The number of aromatic nitrogens is 5. The zero-order valence-electron chi connectivity index (χ0n) is 20.0. The number of amides is 1. The number of aromatic amines is 1. The number of hydrogen-bond donors (Lipinski definition) is 3. The molecule has 0 saturated heterocycles. The van der Waals surface area contributed by atoms with Crippen LogP contribution in [0.3, 0.4) is 0 Å². The topological polar surface area (TPSA) is 108 Å². The molecule has 0 radical (unpaired) electrons. The highest BCUT2D eigenvalue weighted by atomic mass is 16.1. The van der Waals surface area contributed by atoms with Gasteiger partial charge in [0, 0.05) is 42.0 Å². The van der Waals surface area contributed by atoms with Gasteiger partial charge in [0.05, 0.1) is 17.9 Å². The van der Waals surface area contributed by atoms with Gasteiger partial charge in [-0.25, -0.2) is 4.98 Å². The zero-order valence-corrected chi connectivity index (χ0v) is 20.0. The van der Waals surface area contributed by atoms with Crippen LogP contribution < -0.4 is 10.6 Å². The van der Waals surface area contributed by atoms with E-state index >= 15 is 0 Å². The number of carbonyl (C=O) groups is 1. The van der Waals surface area contributed by atoms with E-state index in [1.54, 1.807) is 12.4 Å². The van der Waals surface area contributed by atoms with Crippen LogP contribution in [-0.2, 0) is 25.9 Å². The van der Waals surface area contributed by atoms with E-state index in [9.17, 15) is 4.79 Å². The highest BCUT2D eigenvalue weighted by Gasteiger charge is 2.29.